The van der Waals surface area contributed by atoms with Crippen LogP contribution in [0.15, 0.2) is 36.5 Å². The Morgan fingerprint density at radius 3 is 3.06 bits per heavy atom. The Bertz CT molecular complexity index is 498. The Morgan fingerprint density at radius 1 is 1.24 bits per heavy atom. The molecule has 1 aromatic carbocycles. The molecule has 2 heterocycles. The van der Waals surface area contributed by atoms with Crippen molar-refractivity contribution < 1.29 is 0 Å². The summed E-state index contributed by atoms with van der Waals surface area (Å²) in [6, 6.07) is 10.9. The molecule has 0 bridgehead atoms. The highest BCUT2D eigenvalue weighted by Crippen LogP contribution is 2.22. The number of benzene rings is 1. The van der Waals surface area contributed by atoms with Crippen LogP contribution in [0.1, 0.15) is 12.8 Å². The SMILES string of the molecule is c1cnc2c(NC3CCCNC3)cccc2c1. The molecule has 1 saturated heterocycles. The van der Waals surface area contributed by atoms with Gasteiger partial charge in [0.1, 0.15) is 0 Å². The average Bonchev–Trinajstić information content (AvgIpc) is 2.40. The predicted molar refractivity (Wildman–Crippen MR) is 71.3 cm³/mol. The molecule has 0 amide bonds. The highest BCUT2D eigenvalue weighted by atomic mass is 15.0. The lowest BCUT2D eigenvalue weighted by Gasteiger charge is -2.25. The molecule has 2 aromatic rings. The van der Waals surface area contributed by atoms with E-state index >= 15 is 0 Å². The van der Waals surface area contributed by atoms with Crippen LogP contribution in [-0.4, -0.2) is 24.1 Å². The van der Waals surface area contributed by atoms with Gasteiger partial charge >= 0.3 is 0 Å². The minimum absolute atomic E-state index is 0.524. The van der Waals surface area contributed by atoms with Gasteiger partial charge in [-0.15, -0.1) is 0 Å². The van der Waals surface area contributed by atoms with E-state index in [1.165, 1.54) is 18.2 Å². The number of para-hydroxylation sites is 1. The first kappa shape index (κ1) is 10.5. The highest BCUT2D eigenvalue weighted by Gasteiger charge is 2.13. The Kier molecular flexibility index (Phi) is 2.92. The van der Waals surface area contributed by atoms with Crippen LogP contribution < -0.4 is 10.6 Å². The molecule has 1 aromatic heterocycles. The molecule has 3 nitrogen and oxygen atoms in total. The van der Waals surface area contributed by atoms with E-state index in [0.29, 0.717) is 6.04 Å². The van der Waals surface area contributed by atoms with Gasteiger partial charge in [0.2, 0.25) is 0 Å². The number of hydrogen-bond donors (Lipinski definition) is 2. The third-order valence-corrected chi connectivity index (χ3v) is 3.29. The zero-order valence-corrected chi connectivity index (χ0v) is 9.82. The van der Waals surface area contributed by atoms with Gasteiger partial charge < -0.3 is 10.6 Å². The number of nitrogens with zero attached hydrogens (tertiary/aromatic N) is 1. The van der Waals surface area contributed by atoms with Crippen molar-refractivity contribution in [3.05, 3.63) is 36.5 Å². The van der Waals surface area contributed by atoms with Gasteiger partial charge in [-0.3, -0.25) is 4.98 Å². The lowest BCUT2D eigenvalue weighted by molar-refractivity contribution is 0.480. The summed E-state index contributed by atoms with van der Waals surface area (Å²) < 4.78 is 0. The zero-order valence-electron chi connectivity index (χ0n) is 9.82. The molecule has 2 N–H and O–H groups in total. The van der Waals surface area contributed by atoms with Gasteiger partial charge in [-0.05, 0) is 31.5 Å². The quantitative estimate of drug-likeness (QED) is 0.827. The average molecular weight is 227 g/mol. The van der Waals surface area contributed by atoms with E-state index in [1.54, 1.807) is 0 Å². The van der Waals surface area contributed by atoms with Crippen LogP contribution in [0.3, 0.4) is 0 Å². The van der Waals surface area contributed by atoms with E-state index in [2.05, 4.69) is 39.9 Å². The molecule has 3 heteroatoms. The van der Waals surface area contributed by atoms with Crippen molar-refractivity contribution in [3.8, 4) is 0 Å². The third kappa shape index (κ3) is 2.24. The fourth-order valence-corrected chi connectivity index (χ4v) is 2.42. The number of anilines is 1. The van der Waals surface area contributed by atoms with Gasteiger partial charge in [-0.2, -0.15) is 0 Å². The molecule has 0 spiro atoms. The minimum Gasteiger partial charge on any atom is -0.379 e. The Balaban J connectivity index is 1.89. The molecule has 0 saturated carbocycles. The number of pyridine rings is 1. The molecular formula is C14H17N3. The van der Waals surface area contributed by atoms with Crippen LogP contribution in [-0.2, 0) is 0 Å². The molecule has 1 atom stereocenters. The molecule has 1 aliphatic heterocycles. The molecule has 3 rings (SSSR count). The summed E-state index contributed by atoms with van der Waals surface area (Å²) in [6.45, 7) is 2.19. The van der Waals surface area contributed by atoms with Crippen molar-refractivity contribution in [2.45, 2.75) is 18.9 Å². The summed E-state index contributed by atoms with van der Waals surface area (Å²) in [7, 11) is 0. The van der Waals surface area contributed by atoms with Crippen molar-refractivity contribution in [1.29, 1.82) is 0 Å². The summed E-state index contributed by atoms with van der Waals surface area (Å²) in [5, 5.41) is 8.21. The summed E-state index contributed by atoms with van der Waals surface area (Å²) in [5.74, 6) is 0. The number of rotatable bonds is 2. The topological polar surface area (TPSA) is 37.0 Å². The van der Waals surface area contributed by atoms with Crippen molar-refractivity contribution in [3.63, 3.8) is 0 Å². The maximum Gasteiger partial charge on any atom is 0.0933 e. The minimum atomic E-state index is 0.524. The fraction of sp³-hybridized carbons (Fsp3) is 0.357. The smallest absolute Gasteiger partial charge is 0.0933 e. The first-order valence-electron chi connectivity index (χ1n) is 6.24. The summed E-state index contributed by atoms with van der Waals surface area (Å²) >= 11 is 0. The standard InChI is InChI=1S/C14H17N3/c1-4-11-5-2-9-16-14(11)13(7-1)17-12-6-3-8-15-10-12/h1-2,4-5,7,9,12,15,17H,3,6,8,10H2. The van der Waals surface area contributed by atoms with Gasteiger partial charge in [0.05, 0.1) is 11.2 Å². The van der Waals surface area contributed by atoms with Crippen LogP contribution in [0.4, 0.5) is 5.69 Å². The molecule has 1 aliphatic rings. The number of nitrogens with one attached hydrogen (secondary N) is 2. The molecule has 17 heavy (non-hydrogen) atoms. The molecule has 88 valence electrons. The molecule has 1 fully saturated rings. The summed E-state index contributed by atoms with van der Waals surface area (Å²) in [4.78, 5) is 4.46. The number of aromatic nitrogens is 1. The highest BCUT2D eigenvalue weighted by molar-refractivity contribution is 5.90. The van der Waals surface area contributed by atoms with E-state index in [0.717, 1.165) is 24.3 Å². The molecule has 1 unspecified atom stereocenters. The Hall–Kier alpha value is -1.61. The Morgan fingerprint density at radius 2 is 2.18 bits per heavy atom. The van der Waals surface area contributed by atoms with E-state index in [1.807, 2.05) is 12.3 Å². The maximum absolute atomic E-state index is 4.46. The van der Waals surface area contributed by atoms with Gasteiger partial charge in [0.15, 0.2) is 0 Å². The summed E-state index contributed by atoms with van der Waals surface area (Å²) in [6.07, 6.45) is 4.33. The van der Waals surface area contributed by atoms with Crippen LogP contribution in [0.2, 0.25) is 0 Å². The van der Waals surface area contributed by atoms with Crippen molar-refractivity contribution >= 4 is 16.6 Å². The fourth-order valence-electron chi connectivity index (χ4n) is 2.42. The first-order valence-corrected chi connectivity index (χ1v) is 6.24. The molecule has 0 radical (unpaired) electrons. The first-order chi connectivity index (χ1) is 8.43. The normalized spacial score (nSPS) is 20.4. The van der Waals surface area contributed by atoms with Crippen molar-refractivity contribution in [1.82, 2.24) is 10.3 Å². The van der Waals surface area contributed by atoms with Gasteiger partial charge in [0, 0.05) is 24.2 Å². The van der Waals surface area contributed by atoms with Crippen molar-refractivity contribution in [2.75, 3.05) is 18.4 Å². The third-order valence-electron chi connectivity index (χ3n) is 3.29. The second kappa shape index (κ2) is 4.72. The maximum atomic E-state index is 4.46. The molecular weight excluding hydrogens is 210 g/mol. The largest absolute Gasteiger partial charge is 0.379 e. The van der Waals surface area contributed by atoms with E-state index in [4.69, 9.17) is 0 Å². The van der Waals surface area contributed by atoms with E-state index in [9.17, 15) is 0 Å². The van der Waals surface area contributed by atoms with Crippen LogP contribution >= 0.6 is 0 Å². The van der Waals surface area contributed by atoms with Gasteiger partial charge in [-0.25, -0.2) is 0 Å². The Labute approximate surface area is 101 Å². The van der Waals surface area contributed by atoms with Gasteiger partial charge in [0.25, 0.3) is 0 Å². The van der Waals surface area contributed by atoms with Crippen LogP contribution in [0.25, 0.3) is 10.9 Å². The number of fused-ring (bicyclic) bond motifs is 1. The van der Waals surface area contributed by atoms with E-state index < -0.39 is 0 Å². The molecule has 0 aliphatic carbocycles. The number of hydrogen-bond acceptors (Lipinski definition) is 3. The van der Waals surface area contributed by atoms with Crippen molar-refractivity contribution in [2.24, 2.45) is 0 Å². The van der Waals surface area contributed by atoms with Crippen LogP contribution in [0.5, 0.6) is 0 Å². The monoisotopic (exact) mass is 227 g/mol. The lowest BCUT2D eigenvalue weighted by atomic mass is 10.1. The van der Waals surface area contributed by atoms with Gasteiger partial charge in [-0.1, -0.05) is 18.2 Å². The number of piperidine rings is 1. The van der Waals surface area contributed by atoms with E-state index in [-0.39, 0.29) is 0 Å². The lowest BCUT2D eigenvalue weighted by Crippen LogP contribution is -2.38. The summed E-state index contributed by atoms with van der Waals surface area (Å²) in [5.41, 5.74) is 2.22. The van der Waals surface area contributed by atoms with Crippen LogP contribution in [0, 0.1) is 0 Å². The second-order valence-corrected chi connectivity index (χ2v) is 4.57. The zero-order chi connectivity index (χ0) is 11.5. The predicted octanol–water partition coefficient (Wildman–Crippen LogP) is 2.40. The second-order valence-electron chi connectivity index (χ2n) is 4.57.